The quantitative estimate of drug-likeness (QED) is 0.701. The van der Waals surface area contributed by atoms with Gasteiger partial charge in [0, 0.05) is 12.6 Å². The predicted molar refractivity (Wildman–Crippen MR) is 86.6 cm³/mol. The van der Waals surface area contributed by atoms with Gasteiger partial charge in [0.2, 0.25) is 0 Å². The number of carbonyl (C=O) groups is 1. The van der Waals surface area contributed by atoms with Crippen molar-refractivity contribution in [3.63, 3.8) is 0 Å². The number of Topliss-reactive ketones (excluding diaryl/α,β-unsaturated/α-hetero) is 1. The van der Waals surface area contributed by atoms with E-state index in [2.05, 4.69) is 31.1 Å². The topological polar surface area (TPSA) is 33.5 Å². The second kappa shape index (κ2) is 7.05. The summed E-state index contributed by atoms with van der Waals surface area (Å²) in [5, 5.41) is 2.08. The van der Waals surface area contributed by atoms with Crippen molar-refractivity contribution in [1.82, 2.24) is 4.90 Å². The zero-order valence-electron chi connectivity index (χ0n) is 13.1. The molecule has 2 heterocycles. The van der Waals surface area contributed by atoms with Crippen molar-refractivity contribution in [2.45, 2.75) is 46.8 Å². The molecule has 114 valence electrons. The van der Waals surface area contributed by atoms with E-state index >= 15 is 0 Å². The maximum Gasteiger partial charge on any atom is 0.169 e. The number of rotatable bonds is 7. The third-order valence-electron chi connectivity index (χ3n) is 3.87. The van der Waals surface area contributed by atoms with Crippen molar-refractivity contribution in [2.24, 2.45) is 5.92 Å². The highest BCUT2D eigenvalue weighted by molar-refractivity contribution is 7.12. The van der Waals surface area contributed by atoms with E-state index in [1.165, 1.54) is 16.9 Å². The molecule has 0 fully saturated rings. The lowest BCUT2D eigenvalue weighted by atomic mass is 10.0. The van der Waals surface area contributed by atoms with Gasteiger partial charge in [-0.25, -0.2) is 0 Å². The van der Waals surface area contributed by atoms with Gasteiger partial charge in [-0.3, -0.25) is 9.69 Å². The smallest absolute Gasteiger partial charge is 0.169 e. The Kier molecular flexibility index (Phi) is 5.37. The van der Waals surface area contributed by atoms with Crippen molar-refractivity contribution in [3.05, 3.63) is 46.0 Å². The van der Waals surface area contributed by atoms with Gasteiger partial charge < -0.3 is 4.42 Å². The number of carbonyl (C=O) groups excluding carboxylic acids is 1. The largest absolute Gasteiger partial charge is 0.468 e. The van der Waals surface area contributed by atoms with Crippen LogP contribution in [0.2, 0.25) is 0 Å². The molecule has 2 aromatic heterocycles. The van der Waals surface area contributed by atoms with E-state index in [0.717, 1.165) is 23.7 Å². The minimum Gasteiger partial charge on any atom is -0.468 e. The van der Waals surface area contributed by atoms with Crippen molar-refractivity contribution in [2.75, 3.05) is 0 Å². The van der Waals surface area contributed by atoms with Crippen molar-refractivity contribution < 1.29 is 9.21 Å². The first-order valence-electron chi connectivity index (χ1n) is 7.32. The summed E-state index contributed by atoms with van der Waals surface area (Å²) >= 11 is 1.53. The molecule has 0 aliphatic carbocycles. The first kappa shape index (κ1) is 16.0. The zero-order valence-corrected chi connectivity index (χ0v) is 13.9. The van der Waals surface area contributed by atoms with E-state index in [9.17, 15) is 4.79 Å². The van der Waals surface area contributed by atoms with E-state index in [0.29, 0.717) is 12.0 Å². The van der Waals surface area contributed by atoms with Crippen LogP contribution in [-0.4, -0.2) is 16.7 Å². The Bertz CT molecular complexity index is 571. The fraction of sp³-hybridized carbons (Fsp3) is 0.471. The molecule has 1 atom stereocenters. The van der Waals surface area contributed by atoms with Gasteiger partial charge in [-0.15, -0.1) is 11.3 Å². The molecule has 0 saturated carbocycles. The van der Waals surface area contributed by atoms with Crippen LogP contribution in [0.25, 0.3) is 0 Å². The Balaban J connectivity index is 2.12. The average molecular weight is 305 g/mol. The molecule has 0 N–H and O–H groups in total. The third-order valence-corrected chi connectivity index (χ3v) is 4.95. The number of ketones is 1. The number of hydrogen-bond donors (Lipinski definition) is 0. The molecule has 2 aromatic rings. The van der Waals surface area contributed by atoms with Gasteiger partial charge in [-0.1, -0.05) is 13.8 Å². The molecule has 0 unspecified atom stereocenters. The highest BCUT2D eigenvalue weighted by Gasteiger charge is 2.19. The van der Waals surface area contributed by atoms with E-state index in [-0.39, 0.29) is 5.78 Å². The summed E-state index contributed by atoms with van der Waals surface area (Å²) in [5.74, 6) is 1.68. The number of nitrogens with zero attached hydrogens (tertiary/aromatic N) is 1. The predicted octanol–water partition coefficient (Wildman–Crippen LogP) is 4.59. The molecular weight excluding hydrogens is 282 g/mol. The maximum atomic E-state index is 11.4. The first-order valence-corrected chi connectivity index (χ1v) is 8.20. The Morgan fingerprint density at radius 2 is 2.10 bits per heavy atom. The summed E-state index contributed by atoms with van der Waals surface area (Å²) in [6.45, 7) is 9.95. The molecule has 0 spiro atoms. The minimum absolute atomic E-state index is 0.140. The lowest BCUT2D eigenvalue weighted by Gasteiger charge is -2.30. The van der Waals surface area contributed by atoms with Crippen molar-refractivity contribution in [3.8, 4) is 0 Å². The molecule has 0 aliphatic heterocycles. The van der Waals surface area contributed by atoms with Gasteiger partial charge in [0.15, 0.2) is 5.78 Å². The van der Waals surface area contributed by atoms with Crippen LogP contribution in [0.1, 0.15) is 48.7 Å². The molecule has 3 nitrogen and oxygen atoms in total. The molecular formula is C17H23NO2S. The molecule has 2 rings (SSSR count). The van der Waals surface area contributed by atoms with Gasteiger partial charge in [0.1, 0.15) is 5.76 Å². The normalized spacial score (nSPS) is 13.0. The van der Waals surface area contributed by atoms with Gasteiger partial charge in [-0.05, 0) is 48.9 Å². The molecule has 0 aliphatic rings. The molecule has 0 saturated heterocycles. The zero-order chi connectivity index (χ0) is 15.4. The van der Waals surface area contributed by atoms with Crippen LogP contribution in [0.5, 0.6) is 0 Å². The second-order valence-corrected chi connectivity index (χ2v) is 6.76. The highest BCUT2D eigenvalue weighted by atomic mass is 32.1. The molecule has 21 heavy (non-hydrogen) atoms. The minimum atomic E-state index is 0.140. The Hall–Kier alpha value is -1.39. The van der Waals surface area contributed by atoms with Crippen LogP contribution in [0, 0.1) is 5.92 Å². The van der Waals surface area contributed by atoms with Crippen LogP contribution in [0.3, 0.4) is 0 Å². The Labute approximate surface area is 130 Å². The Morgan fingerprint density at radius 3 is 2.62 bits per heavy atom. The van der Waals surface area contributed by atoms with E-state index in [1.807, 2.05) is 18.2 Å². The molecule has 0 radical (unpaired) electrons. The summed E-state index contributed by atoms with van der Waals surface area (Å²) < 4.78 is 5.48. The van der Waals surface area contributed by atoms with Crippen LogP contribution in [0.4, 0.5) is 0 Å². The van der Waals surface area contributed by atoms with Gasteiger partial charge >= 0.3 is 0 Å². The van der Waals surface area contributed by atoms with Gasteiger partial charge in [-0.2, -0.15) is 0 Å². The molecule has 0 amide bonds. The SMILES string of the molecule is CC(=O)c1cc(CN(Cc2ccco2)[C@@H](C)C(C)C)cs1. The van der Waals surface area contributed by atoms with Crippen molar-refractivity contribution >= 4 is 17.1 Å². The van der Waals surface area contributed by atoms with E-state index in [1.54, 1.807) is 13.2 Å². The summed E-state index contributed by atoms with van der Waals surface area (Å²) in [7, 11) is 0. The second-order valence-electron chi connectivity index (χ2n) is 5.84. The van der Waals surface area contributed by atoms with Crippen LogP contribution >= 0.6 is 11.3 Å². The molecule has 0 bridgehead atoms. The summed E-state index contributed by atoms with van der Waals surface area (Å²) in [5.41, 5.74) is 1.20. The first-order chi connectivity index (χ1) is 9.97. The molecule has 4 heteroatoms. The summed E-state index contributed by atoms with van der Waals surface area (Å²) in [4.78, 5) is 14.7. The number of furan rings is 1. The lowest BCUT2D eigenvalue weighted by Crippen LogP contribution is -2.35. The molecule has 0 aromatic carbocycles. The van der Waals surface area contributed by atoms with E-state index in [4.69, 9.17) is 4.42 Å². The van der Waals surface area contributed by atoms with Crippen molar-refractivity contribution in [1.29, 1.82) is 0 Å². The summed E-state index contributed by atoms with van der Waals surface area (Å²) in [6.07, 6.45) is 1.71. The number of thiophene rings is 1. The maximum absolute atomic E-state index is 11.4. The monoisotopic (exact) mass is 305 g/mol. The fourth-order valence-electron chi connectivity index (χ4n) is 2.25. The standard InChI is InChI=1S/C17H23NO2S/c1-12(2)13(3)18(10-16-6-5-7-20-16)9-15-8-17(14(4)19)21-11-15/h5-8,11-13H,9-10H2,1-4H3/t13-/m0/s1. The summed E-state index contributed by atoms with van der Waals surface area (Å²) in [6, 6.07) is 6.38. The van der Waals surface area contributed by atoms with Gasteiger partial charge in [0.25, 0.3) is 0 Å². The Morgan fingerprint density at radius 1 is 1.33 bits per heavy atom. The number of hydrogen-bond acceptors (Lipinski definition) is 4. The van der Waals surface area contributed by atoms with Crippen LogP contribution in [0.15, 0.2) is 34.3 Å². The lowest BCUT2D eigenvalue weighted by molar-refractivity contribution is 0.102. The van der Waals surface area contributed by atoms with Crippen LogP contribution < -0.4 is 0 Å². The van der Waals surface area contributed by atoms with Crippen LogP contribution in [-0.2, 0) is 13.1 Å². The highest BCUT2D eigenvalue weighted by Crippen LogP contribution is 2.22. The van der Waals surface area contributed by atoms with Gasteiger partial charge in [0.05, 0.1) is 17.7 Å². The fourth-order valence-corrected chi connectivity index (χ4v) is 3.05. The average Bonchev–Trinajstić information content (AvgIpc) is 3.08. The van der Waals surface area contributed by atoms with E-state index < -0.39 is 0 Å². The third kappa shape index (κ3) is 4.29.